The van der Waals surface area contributed by atoms with Crippen LogP contribution in [0.5, 0.6) is 5.75 Å². The van der Waals surface area contributed by atoms with E-state index in [4.69, 9.17) is 9.47 Å². The molecular weight excluding hydrogens is 344 g/mol. The van der Waals surface area contributed by atoms with E-state index >= 15 is 0 Å². The Morgan fingerprint density at radius 3 is 2.78 bits per heavy atom. The van der Waals surface area contributed by atoms with Gasteiger partial charge in [-0.15, -0.1) is 0 Å². The maximum atomic E-state index is 12.3. The van der Waals surface area contributed by atoms with Gasteiger partial charge in [0, 0.05) is 51.5 Å². The van der Waals surface area contributed by atoms with E-state index in [-0.39, 0.29) is 12.5 Å². The highest BCUT2D eigenvalue weighted by atomic mass is 16.5. The van der Waals surface area contributed by atoms with Gasteiger partial charge in [-0.2, -0.15) is 0 Å². The molecule has 0 aliphatic carbocycles. The highest BCUT2D eigenvalue weighted by molar-refractivity contribution is 5.95. The fourth-order valence-electron chi connectivity index (χ4n) is 2.89. The van der Waals surface area contributed by atoms with Crippen LogP contribution in [0, 0.1) is 0 Å². The van der Waals surface area contributed by atoms with Crippen molar-refractivity contribution in [1.29, 1.82) is 0 Å². The third-order valence-corrected chi connectivity index (χ3v) is 4.28. The van der Waals surface area contributed by atoms with Crippen LogP contribution in [0.4, 0.5) is 5.69 Å². The number of anilines is 1. The Morgan fingerprint density at radius 1 is 1.22 bits per heavy atom. The molecule has 1 amide bonds. The number of ether oxygens (including phenoxy) is 2. The van der Waals surface area contributed by atoms with E-state index in [1.165, 1.54) is 6.42 Å². The second-order valence-corrected chi connectivity index (χ2v) is 6.48. The van der Waals surface area contributed by atoms with Crippen molar-refractivity contribution in [2.75, 3.05) is 51.8 Å². The standard InChI is InChI=1S/C20H32N4O3/c1-3-21-20(22-16-19(25)24-11-5-4-6-12-24)23-17-9-7-10-18(15-17)27-14-8-13-26-2/h7,9-10,15H,3-6,8,11-14,16H2,1-2H3,(H2,21,22,23). The molecule has 0 saturated carbocycles. The molecule has 150 valence electrons. The van der Waals surface area contributed by atoms with Crippen LogP contribution in [0.2, 0.25) is 0 Å². The Kier molecular flexibility index (Phi) is 9.48. The number of hydrogen-bond acceptors (Lipinski definition) is 4. The first-order valence-electron chi connectivity index (χ1n) is 9.78. The van der Waals surface area contributed by atoms with Crippen molar-refractivity contribution in [3.05, 3.63) is 24.3 Å². The van der Waals surface area contributed by atoms with Crippen LogP contribution >= 0.6 is 0 Å². The molecule has 0 spiro atoms. The van der Waals surface area contributed by atoms with Gasteiger partial charge in [0.1, 0.15) is 12.3 Å². The largest absolute Gasteiger partial charge is 0.493 e. The van der Waals surface area contributed by atoms with Crippen LogP contribution in [-0.4, -0.2) is 63.3 Å². The normalized spacial score (nSPS) is 14.7. The van der Waals surface area contributed by atoms with Gasteiger partial charge in [0.2, 0.25) is 5.91 Å². The van der Waals surface area contributed by atoms with Gasteiger partial charge >= 0.3 is 0 Å². The smallest absolute Gasteiger partial charge is 0.244 e. The van der Waals surface area contributed by atoms with Crippen LogP contribution in [0.15, 0.2) is 29.3 Å². The first-order valence-corrected chi connectivity index (χ1v) is 9.78. The third-order valence-electron chi connectivity index (χ3n) is 4.28. The predicted molar refractivity (Wildman–Crippen MR) is 108 cm³/mol. The lowest BCUT2D eigenvalue weighted by molar-refractivity contribution is -0.130. The Hall–Kier alpha value is -2.28. The topological polar surface area (TPSA) is 75.2 Å². The monoisotopic (exact) mass is 376 g/mol. The van der Waals surface area contributed by atoms with E-state index in [1.807, 2.05) is 36.1 Å². The number of amides is 1. The zero-order chi connectivity index (χ0) is 19.3. The molecule has 7 heteroatoms. The van der Waals surface area contributed by atoms with E-state index in [2.05, 4.69) is 15.6 Å². The van der Waals surface area contributed by atoms with Crippen molar-refractivity contribution < 1.29 is 14.3 Å². The van der Waals surface area contributed by atoms with Crippen LogP contribution in [-0.2, 0) is 9.53 Å². The molecule has 1 fully saturated rings. The molecule has 27 heavy (non-hydrogen) atoms. The molecule has 1 heterocycles. The summed E-state index contributed by atoms with van der Waals surface area (Å²) in [5, 5.41) is 6.42. The van der Waals surface area contributed by atoms with Gasteiger partial charge in [-0.05, 0) is 38.3 Å². The minimum Gasteiger partial charge on any atom is -0.493 e. The summed E-state index contributed by atoms with van der Waals surface area (Å²) in [6.07, 6.45) is 4.23. The summed E-state index contributed by atoms with van der Waals surface area (Å²) in [6.45, 7) is 5.86. The van der Waals surface area contributed by atoms with E-state index in [9.17, 15) is 4.79 Å². The number of aliphatic imine (C=N–C) groups is 1. The van der Waals surface area contributed by atoms with E-state index in [1.54, 1.807) is 7.11 Å². The molecule has 0 bridgehead atoms. The highest BCUT2D eigenvalue weighted by Crippen LogP contribution is 2.17. The van der Waals surface area contributed by atoms with Gasteiger partial charge in [-0.1, -0.05) is 6.07 Å². The summed E-state index contributed by atoms with van der Waals surface area (Å²) in [5.41, 5.74) is 0.865. The van der Waals surface area contributed by atoms with E-state index in [0.717, 1.165) is 50.3 Å². The zero-order valence-corrected chi connectivity index (χ0v) is 16.5. The molecule has 7 nitrogen and oxygen atoms in total. The molecule has 1 aliphatic heterocycles. The molecule has 1 saturated heterocycles. The lowest BCUT2D eigenvalue weighted by Crippen LogP contribution is -2.38. The summed E-state index contributed by atoms with van der Waals surface area (Å²) >= 11 is 0. The van der Waals surface area contributed by atoms with Crippen LogP contribution in [0.25, 0.3) is 0 Å². The summed E-state index contributed by atoms with van der Waals surface area (Å²) < 4.78 is 10.8. The number of guanidine groups is 1. The third kappa shape index (κ3) is 7.86. The summed E-state index contributed by atoms with van der Waals surface area (Å²) in [6, 6.07) is 7.71. The van der Waals surface area contributed by atoms with Gasteiger partial charge in [0.15, 0.2) is 5.96 Å². The van der Waals surface area contributed by atoms with Crippen LogP contribution in [0.1, 0.15) is 32.6 Å². The lowest BCUT2D eigenvalue weighted by atomic mass is 10.1. The second kappa shape index (κ2) is 12.2. The number of piperidine rings is 1. The van der Waals surface area contributed by atoms with E-state index in [0.29, 0.717) is 19.2 Å². The maximum Gasteiger partial charge on any atom is 0.244 e. The number of nitrogens with zero attached hydrogens (tertiary/aromatic N) is 2. The minimum absolute atomic E-state index is 0.0853. The molecule has 0 atom stereocenters. The maximum absolute atomic E-state index is 12.3. The molecule has 1 aliphatic rings. The average Bonchev–Trinajstić information content (AvgIpc) is 2.70. The summed E-state index contributed by atoms with van der Waals surface area (Å²) in [5.74, 6) is 1.47. The van der Waals surface area contributed by atoms with Crippen molar-refractivity contribution in [3.63, 3.8) is 0 Å². The summed E-state index contributed by atoms with van der Waals surface area (Å²) in [7, 11) is 1.68. The number of likely N-dealkylation sites (tertiary alicyclic amines) is 1. The second-order valence-electron chi connectivity index (χ2n) is 6.48. The average molecular weight is 377 g/mol. The molecule has 0 unspecified atom stereocenters. The van der Waals surface area contributed by atoms with Gasteiger partial charge in [-0.3, -0.25) is 4.79 Å². The molecule has 2 N–H and O–H groups in total. The number of hydrogen-bond donors (Lipinski definition) is 2. The number of carbonyl (C=O) groups excluding carboxylic acids is 1. The van der Waals surface area contributed by atoms with E-state index < -0.39 is 0 Å². The molecule has 2 rings (SSSR count). The van der Waals surface area contributed by atoms with Gasteiger partial charge in [0.05, 0.1) is 6.61 Å². The molecule has 0 aromatic heterocycles. The Bertz CT molecular complexity index is 601. The number of methoxy groups -OCH3 is 1. The Morgan fingerprint density at radius 2 is 2.04 bits per heavy atom. The van der Waals surface area contributed by atoms with Gasteiger partial charge < -0.3 is 25.0 Å². The van der Waals surface area contributed by atoms with Crippen LogP contribution in [0.3, 0.4) is 0 Å². The number of rotatable bonds is 9. The van der Waals surface area contributed by atoms with Crippen molar-refractivity contribution >= 4 is 17.6 Å². The van der Waals surface area contributed by atoms with Crippen molar-refractivity contribution in [1.82, 2.24) is 10.2 Å². The lowest BCUT2D eigenvalue weighted by Gasteiger charge is -2.26. The quantitative estimate of drug-likeness (QED) is 0.393. The van der Waals surface area contributed by atoms with Crippen molar-refractivity contribution in [3.8, 4) is 5.75 Å². The minimum atomic E-state index is 0.0853. The molecular formula is C20H32N4O3. The number of carbonyl (C=O) groups is 1. The first-order chi connectivity index (χ1) is 13.2. The Balaban J connectivity index is 1.91. The van der Waals surface area contributed by atoms with Crippen molar-refractivity contribution in [2.24, 2.45) is 4.99 Å². The van der Waals surface area contributed by atoms with Gasteiger partial charge in [0.25, 0.3) is 0 Å². The number of benzene rings is 1. The molecule has 0 radical (unpaired) electrons. The summed E-state index contributed by atoms with van der Waals surface area (Å²) in [4.78, 5) is 18.7. The molecule has 1 aromatic rings. The molecule has 1 aromatic carbocycles. The number of nitrogens with one attached hydrogen (secondary N) is 2. The zero-order valence-electron chi connectivity index (χ0n) is 16.5. The van der Waals surface area contributed by atoms with Crippen molar-refractivity contribution in [2.45, 2.75) is 32.6 Å². The Labute approximate surface area is 162 Å². The SMILES string of the molecule is CCNC(=NCC(=O)N1CCCCC1)Nc1cccc(OCCCOC)c1. The van der Waals surface area contributed by atoms with Gasteiger partial charge in [-0.25, -0.2) is 4.99 Å². The first kappa shape index (κ1) is 21.0. The predicted octanol–water partition coefficient (Wildman–Crippen LogP) is 2.49. The highest BCUT2D eigenvalue weighted by Gasteiger charge is 2.16. The fourth-order valence-corrected chi connectivity index (χ4v) is 2.89. The van der Waals surface area contributed by atoms with Crippen LogP contribution < -0.4 is 15.4 Å². The fraction of sp³-hybridized carbons (Fsp3) is 0.600.